The van der Waals surface area contributed by atoms with E-state index in [1.807, 2.05) is 19.9 Å². The zero-order chi connectivity index (χ0) is 24.1. The van der Waals surface area contributed by atoms with E-state index in [-0.39, 0.29) is 17.4 Å². The Morgan fingerprint density at radius 2 is 1.88 bits per heavy atom. The number of Topliss-reactive ketones (excluding diaryl/α,β-unsaturated/α-hetero) is 1. The van der Waals surface area contributed by atoms with Crippen LogP contribution in [-0.2, 0) is 14.3 Å². The van der Waals surface area contributed by atoms with E-state index in [9.17, 15) is 14.7 Å². The topological polar surface area (TPSA) is 92.2 Å². The quantitative estimate of drug-likeness (QED) is 0.364. The summed E-state index contributed by atoms with van der Waals surface area (Å²) in [7, 11) is 0. The highest BCUT2D eigenvalue weighted by molar-refractivity contribution is 6.46. The molecule has 180 valence electrons. The Kier molecular flexibility index (Phi) is 7.59. The first-order valence-corrected chi connectivity index (χ1v) is 11.7. The summed E-state index contributed by atoms with van der Waals surface area (Å²) in [6.07, 6.45) is 4.01. The summed E-state index contributed by atoms with van der Waals surface area (Å²) in [5.74, 6) is -0.810. The van der Waals surface area contributed by atoms with E-state index in [1.165, 1.54) is 0 Å². The van der Waals surface area contributed by atoms with Crippen molar-refractivity contribution in [1.29, 1.82) is 0 Å². The molecule has 34 heavy (non-hydrogen) atoms. The number of ketones is 1. The number of hydrogen-bond acceptors (Lipinski definition) is 7. The van der Waals surface area contributed by atoms with Crippen molar-refractivity contribution >= 4 is 17.4 Å². The van der Waals surface area contributed by atoms with E-state index in [4.69, 9.17) is 9.47 Å². The lowest BCUT2D eigenvalue weighted by Gasteiger charge is -2.29. The first-order chi connectivity index (χ1) is 16.5. The van der Waals surface area contributed by atoms with Crippen LogP contribution in [0.2, 0.25) is 0 Å². The molecule has 8 heteroatoms. The van der Waals surface area contributed by atoms with Crippen LogP contribution in [-0.4, -0.2) is 77.1 Å². The largest absolute Gasteiger partial charge is 0.507 e. The van der Waals surface area contributed by atoms with E-state index >= 15 is 0 Å². The minimum Gasteiger partial charge on any atom is -0.507 e. The molecule has 1 aromatic heterocycles. The highest BCUT2D eigenvalue weighted by Crippen LogP contribution is 2.39. The Balaban J connectivity index is 1.62. The van der Waals surface area contributed by atoms with Crippen LogP contribution in [0.4, 0.5) is 0 Å². The van der Waals surface area contributed by atoms with Crippen LogP contribution in [0.15, 0.2) is 54.4 Å². The van der Waals surface area contributed by atoms with Crippen molar-refractivity contribution in [3.8, 4) is 5.75 Å². The number of nitrogens with zero attached hydrogens (tertiary/aromatic N) is 3. The number of carbonyl (C=O) groups is 2. The first-order valence-electron chi connectivity index (χ1n) is 11.7. The third kappa shape index (κ3) is 5.29. The second-order valence-corrected chi connectivity index (χ2v) is 8.78. The van der Waals surface area contributed by atoms with Crippen LogP contribution in [0.5, 0.6) is 5.75 Å². The number of aliphatic hydroxyl groups excluding tert-OH is 1. The Labute approximate surface area is 199 Å². The third-order valence-electron chi connectivity index (χ3n) is 6.02. The number of pyridine rings is 1. The molecule has 0 aliphatic carbocycles. The average molecular weight is 466 g/mol. The van der Waals surface area contributed by atoms with Crippen LogP contribution in [0, 0.1) is 0 Å². The van der Waals surface area contributed by atoms with Gasteiger partial charge in [-0.3, -0.25) is 19.5 Å². The number of rotatable bonds is 8. The maximum absolute atomic E-state index is 13.1. The van der Waals surface area contributed by atoms with E-state index in [0.717, 1.165) is 19.6 Å². The number of aromatic nitrogens is 1. The van der Waals surface area contributed by atoms with E-state index < -0.39 is 17.7 Å². The lowest BCUT2D eigenvalue weighted by atomic mass is 9.96. The Morgan fingerprint density at radius 1 is 1.15 bits per heavy atom. The molecule has 0 saturated carbocycles. The zero-order valence-corrected chi connectivity index (χ0v) is 19.6. The number of benzene rings is 1. The van der Waals surface area contributed by atoms with Gasteiger partial charge in [0.1, 0.15) is 11.5 Å². The molecule has 4 rings (SSSR count). The van der Waals surface area contributed by atoms with Crippen molar-refractivity contribution in [2.24, 2.45) is 0 Å². The molecule has 0 radical (unpaired) electrons. The standard InChI is InChI=1S/C26H31N3O5/c1-18(2)34-21-8-6-19(7-9-21)24(30)22-23(20-5-3-10-27-17-20)29(26(32)25(22)31)12-4-11-28-13-15-33-16-14-28/h3,5-10,17-18,23,30H,4,11-16H2,1-2H3/b24-22+/t23-/m1/s1. The molecule has 2 fully saturated rings. The number of aliphatic hydroxyl groups is 1. The summed E-state index contributed by atoms with van der Waals surface area (Å²) >= 11 is 0. The fourth-order valence-corrected chi connectivity index (χ4v) is 4.40. The van der Waals surface area contributed by atoms with E-state index in [2.05, 4.69) is 9.88 Å². The second kappa shape index (κ2) is 10.8. The number of likely N-dealkylation sites (tertiary alicyclic amines) is 1. The van der Waals surface area contributed by atoms with Crippen molar-refractivity contribution in [2.75, 3.05) is 39.4 Å². The van der Waals surface area contributed by atoms with Crippen LogP contribution in [0.1, 0.15) is 37.4 Å². The number of carbonyl (C=O) groups excluding carboxylic acids is 2. The molecular formula is C26H31N3O5. The van der Waals surface area contributed by atoms with Crippen molar-refractivity contribution in [3.05, 3.63) is 65.5 Å². The molecule has 3 heterocycles. The zero-order valence-electron chi connectivity index (χ0n) is 19.6. The molecule has 2 aromatic rings. The van der Waals surface area contributed by atoms with Gasteiger partial charge in [0.25, 0.3) is 11.7 Å². The fraction of sp³-hybridized carbons (Fsp3) is 0.423. The number of hydrogen-bond donors (Lipinski definition) is 1. The van der Waals surface area contributed by atoms with E-state index in [1.54, 1.807) is 47.6 Å². The number of ether oxygens (including phenoxy) is 2. The lowest BCUT2D eigenvalue weighted by Crippen LogP contribution is -2.39. The Hall–Kier alpha value is -3.23. The Morgan fingerprint density at radius 3 is 2.53 bits per heavy atom. The van der Waals surface area contributed by atoms with Gasteiger partial charge in [0.05, 0.1) is 30.9 Å². The van der Waals surface area contributed by atoms with Gasteiger partial charge in [-0.1, -0.05) is 6.07 Å². The molecule has 8 nitrogen and oxygen atoms in total. The summed E-state index contributed by atoms with van der Waals surface area (Å²) in [6.45, 7) is 8.22. The smallest absolute Gasteiger partial charge is 0.295 e. The number of amides is 1. The third-order valence-corrected chi connectivity index (χ3v) is 6.02. The molecular weight excluding hydrogens is 434 g/mol. The highest BCUT2D eigenvalue weighted by atomic mass is 16.5. The predicted octanol–water partition coefficient (Wildman–Crippen LogP) is 3.01. The molecule has 0 unspecified atom stereocenters. The van der Waals surface area contributed by atoms with Gasteiger partial charge in [-0.2, -0.15) is 0 Å². The maximum atomic E-state index is 13.1. The predicted molar refractivity (Wildman–Crippen MR) is 127 cm³/mol. The molecule has 1 N–H and O–H groups in total. The van der Waals surface area contributed by atoms with Gasteiger partial charge in [0, 0.05) is 44.1 Å². The summed E-state index contributed by atoms with van der Waals surface area (Å²) in [6, 6.07) is 9.77. The Bertz CT molecular complexity index is 1030. The second-order valence-electron chi connectivity index (χ2n) is 8.78. The van der Waals surface area contributed by atoms with Crippen LogP contribution >= 0.6 is 0 Å². The minimum absolute atomic E-state index is 0.0211. The fourth-order valence-electron chi connectivity index (χ4n) is 4.40. The minimum atomic E-state index is -0.690. The van der Waals surface area contributed by atoms with E-state index in [0.29, 0.717) is 43.1 Å². The van der Waals surface area contributed by atoms with Crippen LogP contribution in [0.25, 0.3) is 5.76 Å². The van der Waals surface area contributed by atoms with Gasteiger partial charge in [0.15, 0.2) is 0 Å². The first kappa shape index (κ1) is 23.9. The van der Waals surface area contributed by atoms with Crippen LogP contribution in [0.3, 0.4) is 0 Å². The van der Waals surface area contributed by atoms with Crippen molar-refractivity contribution in [2.45, 2.75) is 32.4 Å². The molecule has 1 atom stereocenters. The molecule has 2 saturated heterocycles. The number of morpholine rings is 1. The molecule has 2 aliphatic heterocycles. The van der Waals surface area contributed by atoms with Gasteiger partial charge in [-0.25, -0.2) is 0 Å². The van der Waals surface area contributed by atoms with Gasteiger partial charge >= 0.3 is 0 Å². The SMILES string of the molecule is CC(C)Oc1ccc(/C(O)=C2\C(=O)C(=O)N(CCCN3CCOCC3)[C@@H]2c2cccnc2)cc1. The molecule has 0 bridgehead atoms. The van der Waals surface area contributed by atoms with Crippen molar-refractivity contribution in [3.63, 3.8) is 0 Å². The van der Waals surface area contributed by atoms with Crippen molar-refractivity contribution in [1.82, 2.24) is 14.8 Å². The lowest BCUT2D eigenvalue weighted by molar-refractivity contribution is -0.140. The monoisotopic (exact) mass is 465 g/mol. The summed E-state index contributed by atoms with van der Waals surface area (Å²) in [4.78, 5) is 34.2. The van der Waals surface area contributed by atoms with Gasteiger partial charge < -0.3 is 19.5 Å². The summed E-state index contributed by atoms with van der Waals surface area (Å²) in [5.41, 5.74) is 1.23. The summed E-state index contributed by atoms with van der Waals surface area (Å²) in [5, 5.41) is 11.2. The normalized spacial score (nSPS) is 20.8. The van der Waals surface area contributed by atoms with Gasteiger partial charge in [-0.15, -0.1) is 0 Å². The van der Waals surface area contributed by atoms with Crippen LogP contribution < -0.4 is 4.74 Å². The molecule has 2 aliphatic rings. The van der Waals surface area contributed by atoms with Gasteiger partial charge in [0.2, 0.25) is 0 Å². The highest BCUT2D eigenvalue weighted by Gasteiger charge is 2.45. The maximum Gasteiger partial charge on any atom is 0.295 e. The summed E-state index contributed by atoms with van der Waals surface area (Å²) < 4.78 is 11.1. The molecule has 1 aromatic carbocycles. The average Bonchev–Trinajstić information content (AvgIpc) is 3.10. The van der Waals surface area contributed by atoms with Gasteiger partial charge in [-0.05, 0) is 56.2 Å². The molecule has 0 spiro atoms. The van der Waals surface area contributed by atoms with Crippen molar-refractivity contribution < 1.29 is 24.2 Å². The molecule has 1 amide bonds.